The zero-order valence-electron chi connectivity index (χ0n) is 16.1. The first-order valence-electron chi connectivity index (χ1n) is 8.54. The van der Waals surface area contributed by atoms with Gasteiger partial charge in [0, 0.05) is 38.7 Å². The summed E-state index contributed by atoms with van der Waals surface area (Å²) in [6.45, 7) is 2.85. The lowest BCUT2D eigenvalue weighted by Crippen LogP contribution is -2.42. The van der Waals surface area contributed by atoms with Crippen LogP contribution in [0.5, 0.6) is 0 Å². The Balaban J connectivity index is 0.00000364. The van der Waals surface area contributed by atoms with Gasteiger partial charge in [0.25, 0.3) is 0 Å². The predicted octanol–water partition coefficient (Wildman–Crippen LogP) is 3.50. The highest BCUT2D eigenvalue weighted by Crippen LogP contribution is 2.14. The van der Waals surface area contributed by atoms with Crippen molar-refractivity contribution >= 4 is 53.1 Å². The van der Waals surface area contributed by atoms with E-state index in [1.54, 1.807) is 7.05 Å². The molecule has 8 heteroatoms. The number of benzene rings is 1. The summed E-state index contributed by atoms with van der Waals surface area (Å²) >= 11 is 6.03. The number of aromatic nitrogens is 1. The van der Waals surface area contributed by atoms with Crippen LogP contribution in [0.1, 0.15) is 18.2 Å². The summed E-state index contributed by atoms with van der Waals surface area (Å²) in [5.74, 6) is 0.523. The number of hydrogen-bond donors (Lipinski definition) is 2. The van der Waals surface area contributed by atoms with Crippen LogP contribution in [0.15, 0.2) is 41.5 Å². The monoisotopic (exact) mass is 503 g/mol. The highest BCUT2D eigenvalue weighted by atomic mass is 127. The van der Waals surface area contributed by atoms with Gasteiger partial charge < -0.3 is 20.1 Å². The van der Waals surface area contributed by atoms with Crippen LogP contribution < -0.4 is 10.6 Å². The molecule has 0 bridgehead atoms. The van der Waals surface area contributed by atoms with Crippen LogP contribution in [0, 0.1) is 0 Å². The van der Waals surface area contributed by atoms with Gasteiger partial charge in [0.15, 0.2) is 5.96 Å². The van der Waals surface area contributed by atoms with Crippen LogP contribution in [0.4, 0.5) is 5.69 Å². The Morgan fingerprint density at radius 1 is 1.33 bits per heavy atom. The second-order valence-corrected chi connectivity index (χ2v) is 6.56. The SMILES string of the molecule is CCc1cccc(NC(=O)CNC(=NC)N(C)Cc2cc(Cl)cn2C)c1.I. The van der Waals surface area contributed by atoms with Crippen molar-refractivity contribution in [1.82, 2.24) is 14.8 Å². The molecule has 0 fully saturated rings. The quantitative estimate of drug-likeness (QED) is 0.360. The first kappa shape index (κ1) is 23.3. The van der Waals surface area contributed by atoms with E-state index >= 15 is 0 Å². The zero-order valence-corrected chi connectivity index (χ0v) is 19.2. The molecule has 0 aliphatic heterocycles. The molecule has 0 spiro atoms. The fraction of sp³-hybridized carbons (Fsp3) is 0.368. The van der Waals surface area contributed by atoms with Crippen molar-refractivity contribution in [3.8, 4) is 0 Å². The minimum absolute atomic E-state index is 0. The van der Waals surface area contributed by atoms with Crippen LogP contribution >= 0.6 is 35.6 Å². The number of nitrogens with one attached hydrogen (secondary N) is 2. The Bertz CT molecular complexity index is 790. The third kappa shape index (κ3) is 7.06. The zero-order chi connectivity index (χ0) is 19.1. The average molecular weight is 504 g/mol. The molecule has 0 radical (unpaired) electrons. The van der Waals surface area contributed by atoms with E-state index in [9.17, 15) is 4.79 Å². The van der Waals surface area contributed by atoms with Crippen LogP contribution in [0.2, 0.25) is 5.02 Å². The van der Waals surface area contributed by atoms with Gasteiger partial charge >= 0.3 is 0 Å². The standard InChI is InChI=1S/C19H26ClN5O.HI/c1-5-14-7-6-8-16(9-14)23-18(26)11-22-19(21-2)25(4)13-17-10-15(20)12-24(17)3;/h6-10,12H,5,11,13H2,1-4H3,(H,21,22)(H,23,26);1H. The van der Waals surface area contributed by atoms with E-state index in [0.29, 0.717) is 17.5 Å². The number of aliphatic imine (C=N–C) groups is 1. The highest BCUT2D eigenvalue weighted by molar-refractivity contribution is 14.0. The summed E-state index contributed by atoms with van der Waals surface area (Å²) in [5, 5.41) is 6.69. The van der Waals surface area contributed by atoms with Crippen molar-refractivity contribution in [1.29, 1.82) is 0 Å². The fourth-order valence-electron chi connectivity index (χ4n) is 2.66. The maximum atomic E-state index is 12.2. The first-order chi connectivity index (χ1) is 12.4. The molecule has 0 aliphatic carbocycles. The lowest BCUT2D eigenvalue weighted by atomic mass is 10.1. The molecule has 0 unspecified atom stereocenters. The molecule has 0 aliphatic rings. The number of carbonyl (C=O) groups is 1. The third-order valence-electron chi connectivity index (χ3n) is 4.07. The smallest absolute Gasteiger partial charge is 0.243 e. The van der Waals surface area contributed by atoms with Crippen molar-refractivity contribution in [3.63, 3.8) is 0 Å². The van der Waals surface area contributed by atoms with Gasteiger partial charge in [-0.2, -0.15) is 0 Å². The van der Waals surface area contributed by atoms with Gasteiger partial charge in [-0.15, -0.1) is 24.0 Å². The van der Waals surface area contributed by atoms with Crippen LogP contribution in [0.25, 0.3) is 0 Å². The second kappa shape index (κ2) is 11.2. The summed E-state index contributed by atoms with van der Waals surface area (Å²) in [5.41, 5.74) is 3.05. The minimum Gasteiger partial charge on any atom is -0.351 e. The summed E-state index contributed by atoms with van der Waals surface area (Å²) in [6.07, 6.45) is 2.79. The molecular weight excluding hydrogens is 477 g/mol. The van der Waals surface area contributed by atoms with E-state index in [-0.39, 0.29) is 36.4 Å². The highest BCUT2D eigenvalue weighted by Gasteiger charge is 2.11. The Hall–Kier alpha value is -1.74. The topological polar surface area (TPSA) is 61.7 Å². The van der Waals surface area contributed by atoms with E-state index in [4.69, 9.17) is 11.6 Å². The van der Waals surface area contributed by atoms with Crippen molar-refractivity contribution in [2.75, 3.05) is 26.0 Å². The summed E-state index contributed by atoms with van der Waals surface area (Å²) in [4.78, 5) is 18.4. The maximum absolute atomic E-state index is 12.2. The summed E-state index contributed by atoms with van der Waals surface area (Å²) < 4.78 is 1.97. The molecule has 0 atom stereocenters. The van der Waals surface area contributed by atoms with Crippen molar-refractivity contribution in [3.05, 3.63) is 52.8 Å². The summed E-state index contributed by atoms with van der Waals surface area (Å²) in [7, 11) is 5.56. The van der Waals surface area contributed by atoms with Crippen molar-refractivity contribution in [2.24, 2.45) is 12.0 Å². The number of hydrogen-bond acceptors (Lipinski definition) is 2. The minimum atomic E-state index is -0.116. The number of rotatable bonds is 6. The first-order valence-corrected chi connectivity index (χ1v) is 8.92. The molecule has 1 aromatic carbocycles. The van der Waals surface area contributed by atoms with Gasteiger partial charge in [0.1, 0.15) is 0 Å². The molecule has 1 amide bonds. The van der Waals surface area contributed by atoms with Gasteiger partial charge in [-0.05, 0) is 30.2 Å². The number of anilines is 1. The van der Waals surface area contributed by atoms with Crippen LogP contribution in [-0.4, -0.2) is 42.0 Å². The molecule has 0 saturated heterocycles. The van der Waals surface area contributed by atoms with E-state index in [1.165, 1.54) is 5.56 Å². The van der Waals surface area contributed by atoms with E-state index in [2.05, 4.69) is 22.5 Å². The fourth-order valence-corrected chi connectivity index (χ4v) is 2.93. The lowest BCUT2D eigenvalue weighted by Gasteiger charge is -2.22. The van der Waals surface area contributed by atoms with Crippen LogP contribution in [-0.2, 0) is 24.8 Å². The van der Waals surface area contributed by atoms with E-state index in [0.717, 1.165) is 17.8 Å². The lowest BCUT2D eigenvalue weighted by molar-refractivity contribution is -0.115. The van der Waals surface area contributed by atoms with Gasteiger partial charge in [0.2, 0.25) is 5.91 Å². The molecule has 2 N–H and O–H groups in total. The Morgan fingerprint density at radius 3 is 2.67 bits per heavy atom. The van der Waals surface area contributed by atoms with Gasteiger partial charge in [0.05, 0.1) is 18.1 Å². The van der Waals surface area contributed by atoms with Gasteiger partial charge in [-0.3, -0.25) is 9.79 Å². The Labute approximate surface area is 183 Å². The molecule has 1 heterocycles. The van der Waals surface area contributed by atoms with Gasteiger partial charge in [-0.1, -0.05) is 30.7 Å². The molecule has 2 aromatic rings. The predicted molar refractivity (Wildman–Crippen MR) is 123 cm³/mol. The summed E-state index contributed by atoms with van der Waals surface area (Å²) in [6, 6.07) is 9.77. The van der Waals surface area contributed by atoms with Crippen molar-refractivity contribution in [2.45, 2.75) is 19.9 Å². The average Bonchev–Trinajstić information content (AvgIpc) is 2.92. The molecule has 2 rings (SSSR count). The molecule has 6 nitrogen and oxygen atoms in total. The third-order valence-corrected chi connectivity index (χ3v) is 4.28. The van der Waals surface area contributed by atoms with Gasteiger partial charge in [-0.25, -0.2) is 0 Å². The number of carbonyl (C=O) groups excluding carboxylic acids is 1. The van der Waals surface area contributed by atoms with Crippen molar-refractivity contribution < 1.29 is 4.79 Å². The largest absolute Gasteiger partial charge is 0.351 e. The number of amides is 1. The Kier molecular flexibility index (Phi) is 9.65. The maximum Gasteiger partial charge on any atom is 0.243 e. The molecule has 0 saturated carbocycles. The van der Waals surface area contributed by atoms with Crippen LogP contribution in [0.3, 0.4) is 0 Å². The molecule has 27 heavy (non-hydrogen) atoms. The van der Waals surface area contributed by atoms with E-state index < -0.39 is 0 Å². The number of nitrogens with zero attached hydrogens (tertiary/aromatic N) is 3. The molecule has 1 aromatic heterocycles. The Morgan fingerprint density at radius 2 is 2.07 bits per heavy atom. The second-order valence-electron chi connectivity index (χ2n) is 6.12. The number of aryl methyl sites for hydroxylation is 2. The normalized spacial score (nSPS) is 10.9. The number of guanidine groups is 1. The molecule has 148 valence electrons. The number of halogens is 2. The van der Waals surface area contributed by atoms with E-state index in [1.807, 2.05) is 60.1 Å². The molecular formula is C19H27ClIN5O.